The van der Waals surface area contributed by atoms with Crippen LogP contribution in [0.15, 0.2) is 47.6 Å². The van der Waals surface area contributed by atoms with Crippen LogP contribution in [0.25, 0.3) is 11.4 Å². The Bertz CT molecular complexity index is 959. The van der Waals surface area contributed by atoms with Crippen molar-refractivity contribution >= 4 is 17.5 Å². The third-order valence-electron chi connectivity index (χ3n) is 3.76. The van der Waals surface area contributed by atoms with Gasteiger partial charge in [0.1, 0.15) is 5.82 Å². The minimum atomic E-state index is -0.594. The molecule has 8 heteroatoms. The van der Waals surface area contributed by atoms with Crippen molar-refractivity contribution in [2.45, 2.75) is 5.16 Å². The number of benzene rings is 2. The summed E-state index contributed by atoms with van der Waals surface area (Å²) in [5, 5.41) is 8.47. The Morgan fingerprint density at radius 1 is 1.15 bits per heavy atom. The summed E-state index contributed by atoms with van der Waals surface area (Å²) in [5.74, 6) is -0.750. The maximum absolute atomic E-state index is 13.9. The van der Waals surface area contributed by atoms with E-state index in [0.717, 1.165) is 17.8 Å². The lowest BCUT2D eigenvalue weighted by molar-refractivity contribution is 0.102. The first kappa shape index (κ1) is 18.1. The molecule has 5 nitrogen and oxygen atoms in total. The number of aromatic nitrogens is 3. The number of rotatable bonds is 6. The number of halogens is 2. The Balaban J connectivity index is 1.74. The van der Waals surface area contributed by atoms with E-state index >= 15 is 0 Å². The number of carbonyl (C=O) groups is 1. The van der Waals surface area contributed by atoms with Crippen LogP contribution in [0.1, 0.15) is 10.4 Å². The van der Waals surface area contributed by atoms with Gasteiger partial charge in [-0.2, -0.15) is 0 Å². The highest BCUT2D eigenvalue weighted by Gasteiger charge is 2.16. The van der Waals surface area contributed by atoms with Gasteiger partial charge in [-0.25, -0.2) is 8.78 Å². The molecule has 2 aromatic carbocycles. The van der Waals surface area contributed by atoms with E-state index in [0.29, 0.717) is 16.5 Å². The molecule has 0 amide bonds. The fourth-order valence-corrected chi connectivity index (χ4v) is 3.18. The minimum Gasteiger partial charge on any atom is -0.494 e. The summed E-state index contributed by atoms with van der Waals surface area (Å²) in [6, 6.07) is 10.3. The summed E-state index contributed by atoms with van der Waals surface area (Å²) in [5.41, 5.74) is 0.574. The Kier molecular flexibility index (Phi) is 5.32. The molecule has 1 heterocycles. The molecule has 134 valence electrons. The maximum Gasteiger partial charge on any atom is 0.191 e. The second kappa shape index (κ2) is 7.65. The van der Waals surface area contributed by atoms with Gasteiger partial charge in [-0.1, -0.05) is 23.9 Å². The van der Waals surface area contributed by atoms with E-state index < -0.39 is 11.6 Å². The van der Waals surface area contributed by atoms with Crippen molar-refractivity contribution in [1.29, 1.82) is 0 Å². The van der Waals surface area contributed by atoms with Crippen molar-refractivity contribution in [3.05, 3.63) is 59.7 Å². The van der Waals surface area contributed by atoms with Crippen LogP contribution in [0.5, 0.6) is 5.75 Å². The standard InChI is InChI=1S/C18H15F2N3O2S/c1-23-17(12-5-3-4-6-13(12)19)21-22-18(23)26-10-15(24)11-7-8-16(25-2)14(20)9-11/h3-9H,10H2,1-2H3. The molecule has 1 aromatic heterocycles. The Morgan fingerprint density at radius 2 is 1.92 bits per heavy atom. The molecule has 3 rings (SSSR count). The zero-order valence-corrected chi connectivity index (χ0v) is 14.9. The lowest BCUT2D eigenvalue weighted by Gasteiger charge is -2.06. The summed E-state index contributed by atoms with van der Waals surface area (Å²) >= 11 is 1.15. The summed E-state index contributed by atoms with van der Waals surface area (Å²) in [7, 11) is 3.05. The van der Waals surface area contributed by atoms with Gasteiger partial charge in [-0.3, -0.25) is 4.79 Å². The van der Waals surface area contributed by atoms with Crippen LogP contribution in [0.4, 0.5) is 8.78 Å². The molecule has 0 N–H and O–H groups in total. The van der Waals surface area contributed by atoms with E-state index in [9.17, 15) is 13.6 Å². The molecule has 0 saturated carbocycles. The van der Waals surface area contributed by atoms with Crippen molar-refractivity contribution in [2.24, 2.45) is 7.05 Å². The van der Waals surface area contributed by atoms with Gasteiger partial charge in [-0.05, 0) is 30.3 Å². The first-order valence-electron chi connectivity index (χ1n) is 7.65. The van der Waals surface area contributed by atoms with Crippen molar-refractivity contribution in [3.8, 4) is 17.1 Å². The Morgan fingerprint density at radius 3 is 2.62 bits per heavy atom. The average Bonchev–Trinajstić information content (AvgIpc) is 3.00. The number of ketones is 1. The van der Waals surface area contributed by atoms with E-state index in [1.54, 1.807) is 29.8 Å². The van der Waals surface area contributed by atoms with Crippen molar-refractivity contribution in [2.75, 3.05) is 12.9 Å². The van der Waals surface area contributed by atoms with Gasteiger partial charge in [-0.15, -0.1) is 10.2 Å². The molecule has 0 fully saturated rings. The van der Waals surface area contributed by atoms with Gasteiger partial charge in [0, 0.05) is 12.6 Å². The molecule has 0 aliphatic carbocycles. The molecule has 0 unspecified atom stereocenters. The molecular formula is C18H15F2N3O2S. The Labute approximate surface area is 153 Å². The predicted molar refractivity (Wildman–Crippen MR) is 94.4 cm³/mol. The van der Waals surface area contributed by atoms with Crippen LogP contribution >= 0.6 is 11.8 Å². The molecule has 0 aliphatic heterocycles. The number of methoxy groups -OCH3 is 1. The third-order valence-corrected chi connectivity index (χ3v) is 4.78. The first-order valence-corrected chi connectivity index (χ1v) is 8.63. The van der Waals surface area contributed by atoms with Crippen LogP contribution in [0.2, 0.25) is 0 Å². The zero-order valence-electron chi connectivity index (χ0n) is 14.1. The molecule has 26 heavy (non-hydrogen) atoms. The quantitative estimate of drug-likeness (QED) is 0.485. The summed E-state index contributed by atoms with van der Waals surface area (Å²) < 4.78 is 34.1. The highest BCUT2D eigenvalue weighted by Crippen LogP contribution is 2.25. The smallest absolute Gasteiger partial charge is 0.191 e. The highest BCUT2D eigenvalue weighted by atomic mass is 32.2. The fraction of sp³-hybridized carbons (Fsp3) is 0.167. The molecule has 0 aliphatic rings. The number of nitrogens with zero attached hydrogens (tertiary/aromatic N) is 3. The number of hydrogen-bond acceptors (Lipinski definition) is 5. The van der Waals surface area contributed by atoms with E-state index in [4.69, 9.17) is 4.74 Å². The summed E-state index contributed by atoms with van der Waals surface area (Å²) in [6.07, 6.45) is 0. The van der Waals surface area contributed by atoms with Gasteiger partial charge in [0.15, 0.2) is 28.3 Å². The number of Topliss-reactive ketones (excluding diaryl/α,β-unsaturated/α-hetero) is 1. The highest BCUT2D eigenvalue weighted by molar-refractivity contribution is 7.99. The van der Waals surface area contributed by atoms with Crippen molar-refractivity contribution in [3.63, 3.8) is 0 Å². The normalized spacial score (nSPS) is 10.8. The second-order valence-electron chi connectivity index (χ2n) is 5.41. The fourth-order valence-electron chi connectivity index (χ4n) is 2.37. The van der Waals surface area contributed by atoms with Crippen molar-refractivity contribution in [1.82, 2.24) is 14.8 Å². The third kappa shape index (κ3) is 3.60. The van der Waals surface area contributed by atoms with Crippen LogP contribution < -0.4 is 4.74 Å². The number of ether oxygens (including phenoxy) is 1. The van der Waals surface area contributed by atoms with Crippen LogP contribution in [0.3, 0.4) is 0 Å². The summed E-state index contributed by atoms with van der Waals surface area (Å²) in [6.45, 7) is 0. The largest absolute Gasteiger partial charge is 0.494 e. The van der Waals surface area contributed by atoms with Crippen LogP contribution in [-0.2, 0) is 7.05 Å². The van der Waals surface area contributed by atoms with Crippen LogP contribution in [-0.4, -0.2) is 33.4 Å². The van der Waals surface area contributed by atoms with E-state index in [1.165, 1.54) is 25.3 Å². The first-order chi connectivity index (χ1) is 12.5. The lowest BCUT2D eigenvalue weighted by Crippen LogP contribution is -2.05. The monoisotopic (exact) mass is 375 g/mol. The number of hydrogen-bond donors (Lipinski definition) is 0. The average molecular weight is 375 g/mol. The second-order valence-corrected chi connectivity index (χ2v) is 6.35. The van der Waals surface area contributed by atoms with Crippen molar-refractivity contribution < 1.29 is 18.3 Å². The van der Waals surface area contributed by atoms with Gasteiger partial charge in [0.2, 0.25) is 0 Å². The topological polar surface area (TPSA) is 57.0 Å². The van der Waals surface area contributed by atoms with E-state index in [-0.39, 0.29) is 22.8 Å². The lowest BCUT2D eigenvalue weighted by atomic mass is 10.1. The summed E-state index contributed by atoms with van der Waals surface area (Å²) in [4.78, 5) is 12.3. The molecule has 0 atom stereocenters. The SMILES string of the molecule is COc1ccc(C(=O)CSc2nnc(-c3ccccc3F)n2C)cc1F. The Hall–Kier alpha value is -2.74. The zero-order chi connectivity index (χ0) is 18.7. The van der Waals surface area contributed by atoms with Gasteiger partial charge in [0.25, 0.3) is 0 Å². The van der Waals surface area contributed by atoms with Gasteiger partial charge < -0.3 is 9.30 Å². The molecule has 0 saturated heterocycles. The molecule has 3 aromatic rings. The van der Waals surface area contributed by atoms with Gasteiger partial charge >= 0.3 is 0 Å². The predicted octanol–water partition coefficient (Wildman–Crippen LogP) is 3.74. The van der Waals surface area contributed by atoms with E-state index in [1.807, 2.05) is 0 Å². The van der Waals surface area contributed by atoms with E-state index in [2.05, 4.69) is 10.2 Å². The number of thioether (sulfide) groups is 1. The molecule has 0 bridgehead atoms. The molecule has 0 spiro atoms. The van der Waals surface area contributed by atoms with Gasteiger partial charge in [0.05, 0.1) is 18.4 Å². The molecular weight excluding hydrogens is 360 g/mol. The molecule has 0 radical (unpaired) electrons. The number of carbonyl (C=O) groups excluding carboxylic acids is 1. The minimum absolute atomic E-state index is 0.0506. The van der Waals surface area contributed by atoms with Crippen LogP contribution in [0, 0.1) is 11.6 Å². The maximum atomic E-state index is 13.9.